The second-order valence-corrected chi connectivity index (χ2v) is 8.73. The number of likely N-dealkylation sites (tertiary alicyclic amines) is 1. The largest absolute Gasteiger partial charge is 0.306 e. The Bertz CT molecular complexity index is 549. The van der Waals surface area contributed by atoms with Crippen LogP contribution in [0.4, 0.5) is 0 Å². The van der Waals surface area contributed by atoms with E-state index in [1.807, 2.05) is 0 Å². The van der Waals surface area contributed by atoms with Crippen molar-refractivity contribution in [2.75, 3.05) is 19.6 Å². The fraction of sp³-hybridized carbons (Fsp3) is 0.714. The van der Waals surface area contributed by atoms with Crippen LogP contribution in [-0.4, -0.2) is 30.1 Å². The molecule has 1 aliphatic heterocycles. The molecule has 1 heterocycles. The zero-order valence-corrected chi connectivity index (χ0v) is 14.9. The van der Waals surface area contributed by atoms with E-state index < -0.39 is 0 Å². The summed E-state index contributed by atoms with van der Waals surface area (Å²) in [5.41, 5.74) is 5.03. The fourth-order valence-electron chi connectivity index (χ4n) is 4.15. The summed E-state index contributed by atoms with van der Waals surface area (Å²) in [6.07, 6.45) is 8.42. The quantitative estimate of drug-likeness (QED) is 0.802. The third kappa shape index (κ3) is 3.97. The average molecular weight is 313 g/mol. The number of nitrogens with one attached hydrogen (secondary N) is 1. The molecule has 0 amide bonds. The Kier molecular flexibility index (Phi) is 4.23. The first-order valence-electron chi connectivity index (χ1n) is 9.71. The number of benzene rings is 1. The molecule has 1 saturated heterocycles. The highest BCUT2D eigenvalue weighted by Gasteiger charge is 2.32. The molecule has 0 atom stereocenters. The van der Waals surface area contributed by atoms with Gasteiger partial charge in [-0.3, -0.25) is 0 Å². The maximum atomic E-state index is 3.81. The lowest BCUT2D eigenvalue weighted by molar-refractivity contribution is 0.234. The molecule has 0 radical (unpaired) electrons. The Morgan fingerprint density at radius 2 is 1.65 bits per heavy atom. The zero-order valence-electron chi connectivity index (χ0n) is 14.9. The van der Waals surface area contributed by atoms with E-state index in [9.17, 15) is 0 Å². The molecule has 0 aromatic heterocycles. The van der Waals surface area contributed by atoms with E-state index in [1.165, 1.54) is 63.7 Å². The van der Waals surface area contributed by atoms with Crippen molar-refractivity contribution in [2.45, 2.75) is 76.3 Å². The molecule has 3 fully saturated rings. The smallest absolute Gasteiger partial charge is 0.0255 e. The first kappa shape index (κ1) is 15.7. The molecule has 1 N–H and O–H groups in total. The van der Waals surface area contributed by atoms with Gasteiger partial charge in [-0.05, 0) is 94.0 Å². The average Bonchev–Trinajstić information content (AvgIpc) is 3.44. The molecule has 0 unspecified atom stereocenters. The lowest BCUT2D eigenvalue weighted by Crippen LogP contribution is -2.48. The fourth-order valence-corrected chi connectivity index (χ4v) is 4.15. The molecule has 1 aromatic carbocycles. The van der Waals surface area contributed by atoms with E-state index in [2.05, 4.69) is 42.3 Å². The van der Waals surface area contributed by atoms with Gasteiger partial charge >= 0.3 is 0 Å². The van der Waals surface area contributed by atoms with Gasteiger partial charge in [0.25, 0.3) is 0 Å². The first-order valence-corrected chi connectivity index (χ1v) is 9.71. The van der Waals surface area contributed by atoms with E-state index in [-0.39, 0.29) is 5.54 Å². The summed E-state index contributed by atoms with van der Waals surface area (Å²) in [7, 11) is 0. The zero-order chi connectivity index (χ0) is 15.9. The second-order valence-electron chi connectivity index (χ2n) is 8.73. The molecule has 126 valence electrons. The monoisotopic (exact) mass is 312 g/mol. The van der Waals surface area contributed by atoms with Gasteiger partial charge in [0.1, 0.15) is 0 Å². The normalized spacial score (nSPS) is 22.7. The molecule has 0 bridgehead atoms. The highest BCUT2D eigenvalue weighted by atomic mass is 15.2. The SMILES string of the molecule is CC(C)(CN1CCCC1)NCc1ccc(C2CC2)c(C2CC2)c1. The summed E-state index contributed by atoms with van der Waals surface area (Å²) < 4.78 is 0. The number of hydrogen-bond acceptors (Lipinski definition) is 2. The Balaban J connectivity index is 1.39. The maximum absolute atomic E-state index is 3.81. The minimum Gasteiger partial charge on any atom is -0.306 e. The predicted molar refractivity (Wildman–Crippen MR) is 97.0 cm³/mol. The van der Waals surface area contributed by atoms with Gasteiger partial charge in [0.2, 0.25) is 0 Å². The minimum absolute atomic E-state index is 0.194. The van der Waals surface area contributed by atoms with Gasteiger partial charge < -0.3 is 10.2 Å². The standard InChI is InChI=1S/C21H32N2/c1-21(2,15-23-11-3-4-12-23)22-14-16-5-10-19(17-6-7-17)20(13-16)18-8-9-18/h5,10,13,17-18,22H,3-4,6-9,11-12,14-15H2,1-2H3. The molecule has 4 rings (SSSR count). The van der Waals surface area contributed by atoms with Gasteiger partial charge in [-0.25, -0.2) is 0 Å². The van der Waals surface area contributed by atoms with Gasteiger partial charge in [0.15, 0.2) is 0 Å². The van der Waals surface area contributed by atoms with E-state index in [0.29, 0.717) is 0 Å². The van der Waals surface area contributed by atoms with Crippen molar-refractivity contribution >= 4 is 0 Å². The van der Waals surface area contributed by atoms with E-state index in [4.69, 9.17) is 0 Å². The van der Waals surface area contributed by atoms with Crippen molar-refractivity contribution < 1.29 is 0 Å². The summed E-state index contributed by atoms with van der Waals surface area (Å²) in [5, 5.41) is 3.81. The van der Waals surface area contributed by atoms with Crippen LogP contribution in [0.1, 0.15) is 80.9 Å². The molecule has 3 aliphatic rings. The molecule has 1 aromatic rings. The van der Waals surface area contributed by atoms with Crippen molar-refractivity contribution in [1.82, 2.24) is 10.2 Å². The summed E-state index contributed by atoms with van der Waals surface area (Å²) in [4.78, 5) is 2.61. The van der Waals surface area contributed by atoms with Crippen molar-refractivity contribution in [3.05, 3.63) is 34.9 Å². The number of rotatable bonds is 7. The lowest BCUT2D eigenvalue weighted by Gasteiger charge is -2.31. The third-order valence-corrected chi connectivity index (χ3v) is 5.77. The number of nitrogens with zero attached hydrogens (tertiary/aromatic N) is 1. The molecule has 2 aliphatic carbocycles. The maximum Gasteiger partial charge on any atom is 0.0255 e. The highest BCUT2D eigenvalue weighted by Crippen LogP contribution is 2.49. The summed E-state index contributed by atoms with van der Waals surface area (Å²) in [6.45, 7) is 9.45. The Morgan fingerprint density at radius 1 is 1.00 bits per heavy atom. The molecular weight excluding hydrogens is 280 g/mol. The van der Waals surface area contributed by atoms with Crippen LogP contribution in [0.2, 0.25) is 0 Å². The Morgan fingerprint density at radius 3 is 2.30 bits per heavy atom. The predicted octanol–water partition coefficient (Wildman–Crippen LogP) is 4.41. The summed E-state index contributed by atoms with van der Waals surface area (Å²) >= 11 is 0. The van der Waals surface area contributed by atoms with Crippen molar-refractivity contribution in [1.29, 1.82) is 0 Å². The van der Waals surface area contributed by atoms with Crippen LogP contribution in [0.15, 0.2) is 18.2 Å². The molecule has 2 heteroatoms. The van der Waals surface area contributed by atoms with Crippen LogP contribution in [0.25, 0.3) is 0 Å². The van der Waals surface area contributed by atoms with Gasteiger partial charge in [-0.2, -0.15) is 0 Å². The van der Waals surface area contributed by atoms with Gasteiger partial charge in [0, 0.05) is 18.6 Å². The van der Waals surface area contributed by atoms with Gasteiger partial charge in [0.05, 0.1) is 0 Å². The second kappa shape index (κ2) is 6.22. The van der Waals surface area contributed by atoms with E-state index in [0.717, 1.165) is 18.4 Å². The van der Waals surface area contributed by atoms with Crippen LogP contribution < -0.4 is 5.32 Å². The third-order valence-electron chi connectivity index (χ3n) is 5.77. The molecular formula is C21H32N2. The molecule has 2 saturated carbocycles. The van der Waals surface area contributed by atoms with Crippen molar-refractivity contribution in [3.63, 3.8) is 0 Å². The van der Waals surface area contributed by atoms with E-state index in [1.54, 1.807) is 11.1 Å². The first-order chi connectivity index (χ1) is 11.1. The Labute approximate surface area is 141 Å². The molecule has 0 spiro atoms. The highest BCUT2D eigenvalue weighted by molar-refractivity contribution is 5.41. The number of hydrogen-bond donors (Lipinski definition) is 1. The van der Waals surface area contributed by atoms with Crippen LogP contribution in [0.3, 0.4) is 0 Å². The molecule has 2 nitrogen and oxygen atoms in total. The van der Waals surface area contributed by atoms with Crippen LogP contribution in [0, 0.1) is 0 Å². The van der Waals surface area contributed by atoms with Crippen LogP contribution in [-0.2, 0) is 6.54 Å². The Hall–Kier alpha value is -0.860. The van der Waals surface area contributed by atoms with Gasteiger partial charge in [-0.1, -0.05) is 18.2 Å². The van der Waals surface area contributed by atoms with Crippen molar-refractivity contribution in [2.24, 2.45) is 0 Å². The van der Waals surface area contributed by atoms with Crippen molar-refractivity contribution in [3.8, 4) is 0 Å². The summed E-state index contributed by atoms with van der Waals surface area (Å²) in [6, 6.07) is 7.33. The van der Waals surface area contributed by atoms with Crippen LogP contribution >= 0.6 is 0 Å². The molecule has 23 heavy (non-hydrogen) atoms. The lowest BCUT2D eigenvalue weighted by atomic mass is 9.96. The minimum atomic E-state index is 0.194. The van der Waals surface area contributed by atoms with E-state index >= 15 is 0 Å². The summed E-state index contributed by atoms with van der Waals surface area (Å²) in [5.74, 6) is 1.77. The van der Waals surface area contributed by atoms with Gasteiger partial charge in [-0.15, -0.1) is 0 Å². The topological polar surface area (TPSA) is 15.3 Å². The van der Waals surface area contributed by atoms with Crippen LogP contribution in [0.5, 0.6) is 0 Å².